The van der Waals surface area contributed by atoms with Crippen LogP contribution in [-0.4, -0.2) is 80.5 Å². The molecule has 1 heterocycles. The van der Waals surface area contributed by atoms with Crippen molar-refractivity contribution in [3.63, 3.8) is 0 Å². The highest BCUT2D eigenvalue weighted by Gasteiger charge is 2.45. The van der Waals surface area contributed by atoms with E-state index in [4.69, 9.17) is 10.5 Å². The number of aliphatic hydroxyl groups is 3. The SMILES string of the molecule is N[C@@H](Cc1ccc(O)cc1)C(=O)N[C@H](C(=O)O)[C@@H]1OC[C@H](O)[C@H](O)[C@H]1O. The highest BCUT2D eigenvalue weighted by molar-refractivity contribution is 5.87. The number of hydrogen-bond acceptors (Lipinski definition) is 8. The summed E-state index contributed by atoms with van der Waals surface area (Å²) in [5.74, 6) is -2.22. The number of phenols is 1. The third-order valence-corrected chi connectivity index (χ3v) is 4.16. The minimum absolute atomic E-state index is 0.0573. The zero-order valence-corrected chi connectivity index (χ0v) is 13.7. The molecule has 0 aromatic heterocycles. The Labute approximate surface area is 148 Å². The minimum Gasteiger partial charge on any atom is -0.508 e. The lowest BCUT2D eigenvalue weighted by atomic mass is 9.94. The number of aliphatic carboxylic acids is 1. The Balaban J connectivity index is 2.03. The van der Waals surface area contributed by atoms with Crippen LogP contribution in [0.4, 0.5) is 0 Å². The smallest absolute Gasteiger partial charge is 0.329 e. The van der Waals surface area contributed by atoms with Crippen LogP contribution < -0.4 is 11.1 Å². The number of ether oxygens (including phenoxy) is 1. The number of nitrogens with two attached hydrogens (primary N) is 1. The molecule has 10 heteroatoms. The topological polar surface area (TPSA) is 183 Å². The maximum absolute atomic E-state index is 12.2. The van der Waals surface area contributed by atoms with Gasteiger partial charge in [-0.1, -0.05) is 12.1 Å². The first kappa shape index (κ1) is 20.1. The molecule has 1 fully saturated rings. The van der Waals surface area contributed by atoms with Gasteiger partial charge in [0.15, 0.2) is 6.04 Å². The van der Waals surface area contributed by atoms with E-state index in [0.29, 0.717) is 5.56 Å². The van der Waals surface area contributed by atoms with Gasteiger partial charge in [0, 0.05) is 0 Å². The Morgan fingerprint density at radius 2 is 1.81 bits per heavy atom. The van der Waals surface area contributed by atoms with Gasteiger partial charge in [-0.15, -0.1) is 0 Å². The fraction of sp³-hybridized carbons (Fsp3) is 0.500. The van der Waals surface area contributed by atoms with Gasteiger partial charge in [0.05, 0.1) is 12.6 Å². The second kappa shape index (κ2) is 8.43. The molecule has 1 aromatic rings. The molecule has 0 aliphatic carbocycles. The lowest BCUT2D eigenvalue weighted by Gasteiger charge is -2.38. The van der Waals surface area contributed by atoms with Crippen molar-refractivity contribution in [3.8, 4) is 5.75 Å². The lowest BCUT2D eigenvalue weighted by molar-refractivity contribution is -0.199. The molecule has 1 saturated heterocycles. The molecule has 1 aliphatic rings. The number of amides is 1. The van der Waals surface area contributed by atoms with Crippen molar-refractivity contribution in [3.05, 3.63) is 29.8 Å². The molecule has 8 N–H and O–H groups in total. The highest BCUT2D eigenvalue weighted by Crippen LogP contribution is 2.19. The Hall–Kier alpha value is -2.24. The number of carbonyl (C=O) groups excluding carboxylic acids is 1. The molecule has 2 rings (SSSR count). The van der Waals surface area contributed by atoms with Gasteiger partial charge >= 0.3 is 5.97 Å². The van der Waals surface area contributed by atoms with Crippen LogP contribution in [0.5, 0.6) is 5.75 Å². The van der Waals surface area contributed by atoms with Crippen LogP contribution in [0.2, 0.25) is 0 Å². The van der Waals surface area contributed by atoms with Gasteiger partial charge in [0.1, 0.15) is 30.2 Å². The lowest BCUT2D eigenvalue weighted by Crippen LogP contribution is -2.63. The molecule has 1 aromatic carbocycles. The van der Waals surface area contributed by atoms with E-state index < -0.39 is 48.4 Å². The van der Waals surface area contributed by atoms with E-state index in [1.54, 1.807) is 12.1 Å². The Bertz CT molecular complexity index is 638. The van der Waals surface area contributed by atoms with Gasteiger partial charge in [-0.3, -0.25) is 4.79 Å². The molecule has 0 bridgehead atoms. The number of benzene rings is 1. The van der Waals surface area contributed by atoms with E-state index in [1.807, 2.05) is 0 Å². The maximum Gasteiger partial charge on any atom is 0.329 e. The largest absolute Gasteiger partial charge is 0.508 e. The standard InChI is InChI=1S/C16H22N2O8/c17-9(5-7-1-3-8(19)4-2-7)15(23)18-11(16(24)25)14-13(22)12(21)10(20)6-26-14/h1-4,9-14,19-22H,5-6,17H2,(H,18,23)(H,24,25)/t9-,10-,11-,12-,13+,14-/m0/s1. The number of phenolic OH excluding ortho intramolecular Hbond substituents is 1. The second-order valence-corrected chi connectivity index (χ2v) is 6.15. The number of carbonyl (C=O) groups is 2. The molecule has 0 radical (unpaired) electrons. The van der Waals surface area contributed by atoms with Gasteiger partial charge in [-0.2, -0.15) is 0 Å². The van der Waals surface area contributed by atoms with Gasteiger partial charge in [-0.05, 0) is 24.1 Å². The molecule has 1 amide bonds. The van der Waals surface area contributed by atoms with Crippen LogP contribution in [0.15, 0.2) is 24.3 Å². The Morgan fingerprint density at radius 1 is 1.19 bits per heavy atom. The van der Waals surface area contributed by atoms with Gasteiger partial charge < -0.3 is 41.3 Å². The molecule has 10 nitrogen and oxygen atoms in total. The third-order valence-electron chi connectivity index (χ3n) is 4.16. The van der Waals surface area contributed by atoms with Crippen molar-refractivity contribution < 1.29 is 39.9 Å². The summed E-state index contributed by atoms with van der Waals surface area (Å²) in [4.78, 5) is 23.7. The first-order valence-corrected chi connectivity index (χ1v) is 7.93. The third kappa shape index (κ3) is 4.68. The van der Waals surface area contributed by atoms with Crippen LogP contribution in [-0.2, 0) is 20.7 Å². The van der Waals surface area contributed by atoms with Crippen LogP contribution in [0.25, 0.3) is 0 Å². The molecular weight excluding hydrogens is 348 g/mol. The number of hydrogen-bond donors (Lipinski definition) is 7. The normalized spacial score (nSPS) is 28.2. The first-order valence-electron chi connectivity index (χ1n) is 7.93. The minimum atomic E-state index is -1.70. The van der Waals surface area contributed by atoms with Crippen molar-refractivity contribution in [1.82, 2.24) is 5.32 Å². The quantitative estimate of drug-likeness (QED) is 0.280. The van der Waals surface area contributed by atoms with Crippen molar-refractivity contribution in [2.75, 3.05) is 6.61 Å². The molecule has 1 aliphatic heterocycles. The van der Waals surface area contributed by atoms with Crippen LogP contribution in [0.1, 0.15) is 5.56 Å². The maximum atomic E-state index is 12.2. The summed E-state index contributed by atoms with van der Waals surface area (Å²) < 4.78 is 5.08. The number of aliphatic hydroxyl groups excluding tert-OH is 3. The van der Waals surface area contributed by atoms with E-state index in [0.717, 1.165) is 0 Å². The number of carboxylic acids is 1. The number of rotatable bonds is 6. The predicted molar refractivity (Wildman–Crippen MR) is 87.1 cm³/mol. The van der Waals surface area contributed by atoms with Crippen molar-refractivity contribution >= 4 is 11.9 Å². The van der Waals surface area contributed by atoms with Crippen LogP contribution in [0, 0.1) is 0 Å². The summed E-state index contributed by atoms with van der Waals surface area (Å²) >= 11 is 0. The number of nitrogens with one attached hydrogen (secondary N) is 1. The summed E-state index contributed by atoms with van der Waals surface area (Å²) in [5.41, 5.74) is 6.45. The first-order chi connectivity index (χ1) is 12.2. The van der Waals surface area contributed by atoms with Crippen molar-refractivity contribution in [2.45, 2.75) is 42.9 Å². The number of aromatic hydroxyl groups is 1. The Kier molecular flexibility index (Phi) is 6.51. The zero-order valence-electron chi connectivity index (χ0n) is 13.7. The van der Waals surface area contributed by atoms with E-state index in [9.17, 15) is 35.1 Å². The molecule has 0 unspecified atom stereocenters. The summed E-state index contributed by atoms with van der Waals surface area (Å²) in [6, 6.07) is 3.26. The van der Waals surface area contributed by atoms with Gasteiger partial charge in [0.2, 0.25) is 5.91 Å². The fourth-order valence-corrected chi connectivity index (χ4v) is 2.65. The fourth-order valence-electron chi connectivity index (χ4n) is 2.65. The summed E-state index contributed by atoms with van der Waals surface area (Å²) in [6.07, 6.45) is -6.01. The second-order valence-electron chi connectivity index (χ2n) is 6.15. The summed E-state index contributed by atoms with van der Waals surface area (Å²) in [6.45, 7) is -0.387. The van der Waals surface area contributed by atoms with E-state index in [1.165, 1.54) is 12.1 Å². The predicted octanol–water partition coefficient (Wildman–Crippen LogP) is -2.69. The van der Waals surface area contributed by atoms with Gasteiger partial charge in [0.25, 0.3) is 0 Å². The Morgan fingerprint density at radius 3 is 2.38 bits per heavy atom. The molecule has 0 saturated carbocycles. The molecular formula is C16H22N2O8. The highest BCUT2D eigenvalue weighted by atomic mass is 16.5. The van der Waals surface area contributed by atoms with Crippen LogP contribution >= 0.6 is 0 Å². The van der Waals surface area contributed by atoms with Gasteiger partial charge in [-0.25, -0.2) is 4.79 Å². The number of carboxylic acid groups (broad SMARTS) is 1. The van der Waals surface area contributed by atoms with E-state index >= 15 is 0 Å². The average Bonchev–Trinajstić information content (AvgIpc) is 2.60. The molecule has 26 heavy (non-hydrogen) atoms. The summed E-state index contributed by atoms with van der Waals surface area (Å²) in [7, 11) is 0. The van der Waals surface area contributed by atoms with Crippen molar-refractivity contribution in [2.24, 2.45) is 5.73 Å². The monoisotopic (exact) mass is 370 g/mol. The van der Waals surface area contributed by atoms with E-state index in [2.05, 4.69) is 5.32 Å². The molecule has 6 atom stereocenters. The van der Waals surface area contributed by atoms with E-state index in [-0.39, 0.29) is 18.8 Å². The molecule has 0 spiro atoms. The van der Waals surface area contributed by atoms with Crippen LogP contribution in [0.3, 0.4) is 0 Å². The molecule has 144 valence electrons. The summed E-state index contributed by atoms with van der Waals surface area (Å²) in [5, 5.41) is 49.8. The average molecular weight is 370 g/mol. The zero-order chi connectivity index (χ0) is 19.4. The van der Waals surface area contributed by atoms with Crippen molar-refractivity contribution in [1.29, 1.82) is 0 Å².